The lowest BCUT2D eigenvalue weighted by Gasteiger charge is -2.34. The number of hydrogen-bond acceptors (Lipinski definition) is 6. The third-order valence-corrected chi connectivity index (χ3v) is 4.45. The number of piperidine rings is 1. The average Bonchev–Trinajstić information content (AvgIpc) is 3.00. The number of rotatable bonds is 4. The normalized spacial score (nSPS) is 22.9. The second-order valence-corrected chi connectivity index (χ2v) is 5.78. The number of ether oxygens (including phenoxy) is 1. The molecule has 0 amide bonds. The van der Waals surface area contributed by atoms with Gasteiger partial charge in [-0.05, 0) is 37.5 Å². The van der Waals surface area contributed by atoms with Crippen LogP contribution in [0.5, 0.6) is 0 Å². The van der Waals surface area contributed by atoms with E-state index in [0.29, 0.717) is 0 Å². The van der Waals surface area contributed by atoms with Crippen LogP contribution in [-0.2, 0) is 10.2 Å². The molecule has 1 aromatic heterocycles. The molecule has 0 spiro atoms. The van der Waals surface area contributed by atoms with Gasteiger partial charge in [0.1, 0.15) is 0 Å². The van der Waals surface area contributed by atoms with E-state index < -0.39 is 0 Å². The van der Waals surface area contributed by atoms with Crippen LogP contribution in [0.4, 0.5) is 5.95 Å². The molecule has 0 bridgehead atoms. The zero-order chi connectivity index (χ0) is 13.8. The predicted octanol–water partition coefficient (Wildman–Crippen LogP) is 1.33. The fraction of sp³-hybridized carbons (Fsp3) is 0.857. The highest BCUT2D eigenvalue weighted by molar-refractivity contribution is 5.29. The van der Waals surface area contributed by atoms with Crippen LogP contribution in [0.2, 0.25) is 0 Å². The maximum absolute atomic E-state index is 5.64. The van der Waals surface area contributed by atoms with E-state index in [1.165, 1.54) is 0 Å². The Labute approximate surface area is 119 Å². The van der Waals surface area contributed by atoms with Gasteiger partial charge in [-0.25, -0.2) is 0 Å². The average molecular weight is 280 g/mol. The SMILES string of the molecule is CCCC1(c2nc(N3CCOCC3)no2)CCNCC1. The van der Waals surface area contributed by atoms with E-state index in [4.69, 9.17) is 14.2 Å². The summed E-state index contributed by atoms with van der Waals surface area (Å²) in [6.45, 7) is 7.48. The Morgan fingerprint density at radius 2 is 2.00 bits per heavy atom. The summed E-state index contributed by atoms with van der Waals surface area (Å²) in [5.74, 6) is 1.57. The highest BCUT2D eigenvalue weighted by Crippen LogP contribution is 2.37. The molecule has 0 unspecified atom stereocenters. The van der Waals surface area contributed by atoms with E-state index in [0.717, 1.165) is 76.9 Å². The summed E-state index contributed by atoms with van der Waals surface area (Å²) in [6.07, 6.45) is 4.45. The van der Waals surface area contributed by atoms with Crippen LogP contribution >= 0.6 is 0 Å². The van der Waals surface area contributed by atoms with Gasteiger partial charge in [0, 0.05) is 13.1 Å². The lowest BCUT2D eigenvalue weighted by molar-refractivity contribution is 0.121. The zero-order valence-corrected chi connectivity index (χ0v) is 12.2. The maximum atomic E-state index is 5.64. The largest absolute Gasteiger partial charge is 0.378 e. The molecule has 2 fully saturated rings. The summed E-state index contributed by atoms with van der Waals surface area (Å²) in [5.41, 5.74) is 0.0809. The van der Waals surface area contributed by atoms with Crippen molar-refractivity contribution in [2.24, 2.45) is 0 Å². The minimum Gasteiger partial charge on any atom is -0.378 e. The zero-order valence-electron chi connectivity index (χ0n) is 12.2. The maximum Gasteiger partial charge on any atom is 0.266 e. The number of aromatic nitrogens is 2. The number of morpholine rings is 1. The van der Waals surface area contributed by atoms with Crippen LogP contribution in [0.1, 0.15) is 38.5 Å². The molecule has 6 heteroatoms. The number of anilines is 1. The Bertz CT molecular complexity index is 417. The fourth-order valence-corrected chi connectivity index (χ4v) is 3.28. The molecule has 0 radical (unpaired) electrons. The van der Waals surface area contributed by atoms with E-state index in [9.17, 15) is 0 Å². The van der Waals surface area contributed by atoms with Gasteiger partial charge in [-0.2, -0.15) is 4.98 Å². The second kappa shape index (κ2) is 6.10. The monoisotopic (exact) mass is 280 g/mol. The smallest absolute Gasteiger partial charge is 0.266 e. The van der Waals surface area contributed by atoms with Crippen LogP contribution in [0, 0.1) is 0 Å². The summed E-state index contributed by atoms with van der Waals surface area (Å²) >= 11 is 0. The molecule has 20 heavy (non-hydrogen) atoms. The van der Waals surface area contributed by atoms with Gasteiger partial charge in [-0.1, -0.05) is 13.3 Å². The predicted molar refractivity (Wildman–Crippen MR) is 76.0 cm³/mol. The Morgan fingerprint density at radius 3 is 2.70 bits per heavy atom. The molecule has 1 aromatic rings. The highest BCUT2D eigenvalue weighted by atomic mass is 16.5. The van der Waals surface area contributed by atoms with Gasteiger partial charge in [0.15, 0.2) is 0 Å². The standard InChI is InChI=1S/C14H24N4O2/c1-2-3-14(4-6-15-7-5-14)12-16-13(17-20-12)18-8-10-19-11-9-18/h15H,2-11H2,1H3. The number of nitrogens with one attached hydrogen (secondary N) is 1. The van der Waals surface area contributed by atoms with Gasteiger partial charge >= 0.3 is 0 Å². The molecule has 3 heterocycles. The minimum absolute atomic E-state index is 0.0809. The van der Waals surface area contributed by atoms with Crippen LogP contribution in [0.3, 0.4) is 0 Å². The van der Waals surface area contributed by atoms with Crippen molar-refractivity contribution in [3.63, 3.8) is 0 Å². The first kappa shape index (κ1) is 13.8. The van der Waals surface area contributed by atoms with Crippen LogP contribution in [0.15, 0.2) is 4.52 Å². The fourth-order valence-electron chi connectivity index (χ4n) is 3.28. The van der Waals surface area contributed by atoms with Crippen molar-refractivity contribution < 1.29 is 9.26 Å². The van der Waals surface area contributed by atoms with Crippen molar-refractivity contribution in [2.75, 3.05) is 44.3 Å². The lowest BCUT2D eigenvalue weighted by Crippen LogP contribution is -2.40. The van der Waals surface area contributed by atoms with Crippen molar-refractivity contribution in [3.8, 4) is 0 Å². The van der Waals surface area contributed by atoms with Crippen molar-refractivity contribution in [3.05, 3.63) is 5.89 Å². The molecular formula is C14H24N4O2. The van der Waals surface area contributed by atoms with Gasteiger partial charge in [0.05, 0.1) is 18.6 Å². The third kappa shape index (κ3) is 2.67. The van der Waals surface area contributed by atoms with Crippen LogP contribution < -0.4 is 10.2 Å². The molecule has 0 atom stereocenters. The van der Waals surface area contributed by atoms with E-state index >= 15 is 0 Å². The Morgan fingerprint density at radius 1 is 1.25 bits per heavy atom. The Balaban J connectivity index is 1.79. The summed E-state index contributed by atoms with van der Waals surface area (Å²) in [4.78, 5) is 6.86. The molecule has 0 aromatic carbocycles. The second-order valence-electron chi connectivity index (χ2n) is 5.78. The molecular weight excluding hydrogens is 256 g/mol. The first-order valence-corrected chi connectivity index (χ1v) is 7.72. The molecule has 2 saturated heterocycles. The van der Waals surface area contributed by atoms with Gasteiger partial charge < -0.3 is 19.5 Å². The number of nitrogens with zero attached hydrogens (tertiary/aromatic N) is 3. The van der Waals surface area contributed by atoms with Crippen LogP contribution in [-0.4, -0.2) is 49.5 Å². The van der Waals surface area contributed by atoms with Crippen molar-refractivity contribution in [1.29, 1.82) is 0 Å². The van der Waals surface area contributed by atoms with Gasteiger partial charge in [0.2, 0.25) is 5.89 Å². The molecule has 0 saturated carbocycles. The Hall–Kier alpha value is -1.14. The van der Waals surface area contributed by atoms with Crippen molar-refractivity contribution in [1.82, 2.24) is 15.5 Å². The van der Waals surface area contributed by atoms with Gasteiger partial charge in [-0.15, -0.1) is 0 Å². The van der Waals surface area contributed by atoms with E-state index in [1.807, 2.05) is 0 Å². The molecule has 1 N–H and O–H groups in total. The summed E-state index contributed by atoms with van der Waals surface area (Å²) in [5, 5.41) is 7.63. The van der Waals surface area contributed by atoms with Crippen molar-refractivity contribution >= 4 is 5.95 Å². The molecule has 6 nitrogen and oxygen atoms in total. The van der Waals surface area contributed by atoms with E-state index in [2.05, 4.69) is 22.3 Å². The quantitative estimate of drug-likeness (QED) is 0.897. The minimum atomic E-state index is 0.0809. The molecule has 0 aliphatic carbocycles. The first-order chi connectivity index (χ1) is 9.84. The van der Waals surface area contributed by atoms with E-state index in [1.54, 1.807) is 0 Å². The Kier molecular flexibility index (Phi) is 4.21. The lowest BCUT2D eigenvalue weighted by atomic mass is 9.75. The summed E-state index contributed by atoms with van der Waals surface area (Å²) < 4.78 is 11.0. The molecule has 2 aliphatic heterocycles. The topological polar surface area (TPSA) is 63.4 Å². The van der Waals surface area contributed by atoms with Crippen molar-refractivity contribution in [2.45, 2.75) is 38.0 Å². The first-order valence-electron chi connectivity index (χ1n) is 7.72. The summed E-state index contributed by atoms with van der Waals surface area (Å²) in [7, 11) is 0. The van der Waals surface area contributed by atoms with E-state index in [-0.39, 0.29) is 5.41 Å². The molecule has 3 rings (SSSR count). The van der Waals surface area contributed by atoms with Gasteiger partial charge in [0.25, 0.3) is 5.95 Å². The number of hydrogen-bond donors (Lipinski definition) is 1. The third-order valence-electron chi connectivity index (χ3n) is 4.45. The van der Waals surface area contributed by atoms with Crippen LogP contribution in [0.25, 0.3) is 0 Å². The molecule has 112 valence electrons. The highest BCUT2D eigenvalue weighted by Gasteiger charge is 2.38. The van der Waals surface area contributed by atoms with Gasteiger partial charge in [-0.3, -0.25) is 0 Å². The molecule has 2 aliphatic rings. The summed E-state index contributed by atoms with van der Waals surface area (Å²) in [6, 6.07) is 0.